The number of nitrogens with zero attached hydrogens (tertiary/aromatic N) is 1. The number of hydrogen-bond donors (Lipinski definition) is 1. The first kappa shape index (κ1) is 9.82. The van der Waals surface area contributed by atoms with Crippen molar-refractivity contribution in [3.63, 3.8) is 0 Å². The van der Waals surface area contributed by atoms with Gasteiger partial charge in [0.25, 0.3) is 0 Å². The molecule has 0 aliphatic rings. The maximum absolute atomic E-state index is 8.52. The van der Waals surface area contributed by atoms with Crippen LogP contribution in [0.25, 0.3) is 0 Å². The van der Waals surface area contributed by atoms with Crippen LogP contribution < -0.4 is 5.32 Å². The molecule has 1 rings (SSSR count). The predicted octanol–water partition coefficient (Wildman–Crippen LogP) is 1.84. The van der Waals surface area contributed by atoms with E-state index in [1.165, 1.54) is 0 Å². The average Bonchev–Trinajstić information content (AvgIpc) is 2.51. The summed E-state index contributed by atoms with van der Waals surface area (Å²) in [5.74, 6) is 1.89. The molecule has 1 aromatic rings. The Hall–Kier alpha value is -1.27. The first-order valence-electron chi connectivity index (χ1n) is 4.38. The zero-order chi connectivity index (χ0) is 9.68. The van der Waals surface area contributed by atoms with Crippen molar-refractivity contribution in [3.05, 3.63) is 23.7 Å². The van der Waals surface area contributed by atoms with Crippen LogP contribution in [0, 0.1) is 24.2 Å². The van der Waals surface area contributed by atoms with Gasteiger partial charge in [0.05, 0.1) is 18.5 Å². The zero-order valence-electron chi connectivity index (χ0n) is 8.00. The molecule has 0 amide bonds. The molecule has 0 aliphatic carbocycles. The van der Waals surface area contributed by atoms with Crippen molar-refractivity contribution in [3.8, 4) is 6.07 Å². The molecule has 0 fully saturated rings. The third-order valence-electron chi connectivity index (χ3n) is 1.77. The Labute approximate surface area is 78.4 Å². The third kappa shape index (κ3) is 3.30. The number of hydrogen-bond acceptors (Lipinski definition) is 3. The average molecular weight is 178 g/mol. The maximum Gasteiger partial charge on any atom is 0.117 e. The Balaban J connectivity index is 2.25. The van der Waals surface area contributed by atoms with E-state index in [0.717, 1.165) is 11.5 Å². The van der Waals surface area contributed by atoms with Gasteiger partial charge in [-0.15, -0.1) is 0 Å². The minimum atomic E-state index is 0.0519. The van der Waals surface area contributed by atoms with Gasteiger partial charge in [0, 0.05) is 6.54 Å². The van der Waals surface area contributed by atoms with Crippen molar-refractivity contribution in [1.82, 2.24) is 5.32 Å². The molecule has 13 heavy (non-hydrogen) atoms. The first-order chi connectivity index (χ1) is 6.22. The summed E-state index contributed by atoms with van der Waals surface area (Å²) in [6.07, 6.45) is 0. The maximum atomic E-state index is 8.52. The fourth-order valence-electron chi connectivity index (χ4n) is 1.04. The third-order valence-corrected chi connectivity index (χ3v) is 1.77. The van der Waals surface area contributed by atoms with Crippen molar-refractivity contribution in [2.24, 2.45) is 5.92 Å². The molecule has 1 heterocycles. The fourth-order valence-corrected chi connectivity index (χ4v) is 1.04. The summed E-state index contributed by atoms with van der Waals surface area (Å²) in [7, 11) is 0. The van der Waals surface area contributed by atoms with Crippen LogP contribution in [0.4, 0.5) is 0 Å². The van der Waals surface area contributed by atoms with E-state index in [0.29, 0.717) is 13.1 Å². The molecule has 0 aliphatic heterocycles. The van der Waals surface area contributed by atoms with Crippen LogP contribution in [0.1, 0.15) is 18.4 Å². The molecule has 3 nitrogen and oxygen atoms in total. The topological polar surface area (TPSA) is 49.0 Å². The Morgan fingerprint density at radius 3 is 2.92 bits per heavy atom. The van der Waals surface area contributed by atoms with E-state index < -0.39 is 0 Å². The van der Waals surface area contributed by atoms with E-state index in [9.17, 15) is 0 Å². The molecule has 0 bridgehead atoms. The molecule has 1 N–H and O–H groups in total. The van der Waals surface area contributed by atoms with Gasteiger partial charge in [-0.1, -0.05) is 0 Å². The first-order valence-corrected chi connectivity index (χ1v) is 4.38. The summed E-state index contributed by atoms with van der Waals surface area (Å²) in [4.78, 5) is 0. The molecule has 1 atom stereocenters. The van der Waals surface area contributed by atoms with Gasteiger partial charge in [-0.25, -0.2) is 0 Å². The monoisotopic (exact) mass is 178 g/mol. The lowest BCUT2D eigenvalue weighted by Crippen LogP contribution is -2.19. The second-order valence-corrected chi connectivity index (χ2v) is 3.17. The number of nitriles is 1. The van der Waals surface area contributed by atoms with E-state index >= 15 is 0 Å². The Morgan fingerprint density at radius 2 is 2.38 bits per heavy atom. The van der Waals surface area contributed by atoms with Crippen molar-refractivity contribution in [2.75, 3.05) is 6.54 Å². The van der Waals surface area contributed by atoms with E-state index in [2.05, 4.69) is 11.4 Å². The number of furan rings is 1. The minimum Gasteiger partial charge on any atom is -0.465 e. The summed E-state index contributed by atoms with van der Waals surface area (Å²) < 4.78 is 5.35. The molecule has 70 valence electrons. The second-order valence-electron chi connectivity index (χ2n) is 3.17. The number of nitrogens with one attached hydrogen (secondary N) is 1. The molecule has 0 saturated carbocycles. The Morgan fingerprint density at radius 1 is 1.62 bits per heavy atom. The van der Waals surface area contributed by atoms with Crippen LogP contribution >= 0.6 is 0 Å². The largest absolute Gasteiger partial charge is 0.465 e. The standard InChI is InChI=1S/C10H14N2O/c1-8(5-11)6-12-7-10-4-3-9(2)13-10/h3-4,8,12H,6-7H2,1-2H3. The number of aryl methyl sites for hydroxylation is 1. The lowest BCUT2D eigenvalue weighted by Gasteiger charge is -2.02. The molecule has 3 heteroatoms. The summed E-state index contributed by atoms with van der Waals surface area (Å²) in [5, 5.41) is 11.7. The van der Waals surface area contributed by atoms with Gasteiger partial charge in [0.1, 0.15) is 11.5 Å². The van der Waals surface area contributed by atoms with Gasteiger partial charge in [0.2, 0.25) is 0 Å². The normalized spacial score (nSPS) is 12.4. The van der Waals surface area contributed by atoms with Gasteiger partial charge in [-0.05, 0) is 26.0 Å². The Kier molecular flexibility index (Phi) is 3.53. The van der Waals surface area contributed by atoms with Crippen LogP contribution in [0.3, 0.4) is 0 Å². The van der Waals surface area contributed by atoms with Gasteiger partial charge in [0.15, 0.2) is 0 Å². The molecular weight excluding hydrogens is 164 g/mol. The van der Waals surface area contributed by atoms with Gasteiger partial charge < -0.3 is 9.73 Å². The predicted molar refractivity (Wildman–Crippen MR) is 49.9 cm³/mol. The molecule has 0 saturated heterocycles. The van der Waals surface area contributed by atoms with E-state index in [-0.39, 0.29) is 5.92 Å². The number of rotatable bonds is 4. The van der Waals surface area contributed by atoms with E-state index in [1.54, 1.807) is 0 Å². The van der Waals surface area contributed by atoms with Crippen LogP contribution in [-0.2, 0) is 6.54 Å². The van der Waals surface area contributed by atoms with Crippen molar-refractivity contribution in [2.45, 2.75) is 20.4 Å². The molecule has 0 spiro atoms. The summed E-state index contributed by atoms with van der Waals surface area (Å²) in [6, 6.07) is 6.04. The van der Waals surface area contributed by atoms with Crippen molar-refractivity contribution < 1.29 is 4.42 Å². The van der Waals surface area contributed by atoms with E-state index in [1.807, 2.05) is 26.0 Å². The van der Waals surface area contributed by atoms with Crippen molar-refractivity contribution >= 4 is 0 Å². The highest BCUT2D eigenvalue weighted by molar-refractivity contribution is 5.05. The molecule has 1 unspecified atom stereocenters. The smallest absolute Gasteiger partial charge is 0.117 e. The van der Waals surface area contributed by atoms with Crippen LogP contribution in [0.2, 0.25) is 0 Å². The highest BCUT2D eigenvalue weighted by Crippen LogP contribution is 2.05. The fraction of sp³-hybridized carbons (Fsp3) is 0.500. The van der Waals surface area contributed by atoms with Crippen molar-refractivity contribution in [1.29, 1.82) is 5.26 Å². The zero-order valence-corrected chi connectivity index (χ0v) is 8.00. The summed E-state index contributed by atoms with van der Waals surface area (Å²) in [5.41, 5.74) is 0. The second kappa shape index (κ2) is 4.68. The Bertz CT molecular complexity index is 298. The lowest BCUT2D eigenvalue weighted by molar-refractivity contribution is 0.455. The lowest BCUT2D eigenvalue weighted by atomic mass is 10.2. The summed E-state index contributed by atoms with van der Waals surface area (Å²) >= 11 is 0. The van der Waals surface area contributed by atoms with Crippen LogP contribution in [0.5, 0.6) is 0 Å². The molecule has 0 radical (unpaired) electrons. The highest BCUT2D eigenvalue weighted by atomic mass is 16.3. The highest BCUT2D eigenvalue weighted by Gasteiger charge is 2.00. The summed E-state index contributed by atoms with van der Waals surface area (Å²) in [6.45, 7) is 5.21. The van der Waals surface area contributed by atoms with E-state index in [4.69, 9.17) is 9.68 Å². The SMILES string of the molecule is Cc1ccc(CNCC(C)C#N)o1. The van der Waals surface area contributed by atoms with Gasteiger partial charge in [-0.2, -0.15) is 5.26 Å². The van der Waals surface area contributed by atoms with Crippen LogP contribution in [-0.4, -0.2) is 6.54 Å². The van der Waals surface area contributed by atoms with Gasteiger partial charge in [-0.3, -0.25) is 0 Å². The molecular formula is C10H14N2O. The molecule has 1 aromatic heterocycles. The van der Waals surface area contributed by atoms with Crippen LogP contribution in [0.15, 0.2) is 16.5 Å². The quantitative estimate of drug-likeness (QED) is 0.765. The minimum absolute atomic E-state index is 0.0519. The molecule has 0 aromatic carbocycles. The van der Waals surface area contributed by atoms with Gasteiger partial charge >= 0.3 is 0 Å².